The Morgan fingerprint density at radius 3 is 2.61 bits per heavy atom. The monoisotopic (exact) mass is 245 g/mol. The van der Waals surface area contributed by atoms with E-state index in [0.29, 0.717) is 12.2 Å². The van der Waals surface area contributed by atoms with Crippen molar-refractivity contribution in [2.24, 2.45) is 0 Å². The third-order valence-corrected chi connectivity index (χ3v) is 2.64. The summed E-state index contributed by atoms with van der Waals surface area (Å²) in [6.07, 6.45) is 2.34. The first-order valence-electron chi connectivity index (χ1n) is 5.77. The van der Waals surface area contributed by atoms with Crippen LogP contribution in [-0.4, -0.2) is 15.1 Å². The Hall–Kier alpha value is -2.30. The average molecular weight is 245 g/mol. The van der Waals surface area contributed by atoms with E-state index < -0.39 is 0 Å². The number of benzene rings is 1. The molecule has 0 saturated heterocycles. The maximum absolute atomic E-state index is 11.1. The first-order chi connectivity index (χ1) is 8.63. The van der Waals surface area contributed by atoms with Crippen LogP contribution in [0, 0.1) is 0 Å². The normalized spacial score (nSPS) is 10.4. The fourth-order valence-corrected chi connectivity index (χ4v) is 1.76. The van der Waals surface area contributed by atoms with Gasteiger partial charge in [-0.3, -0.25) is 4.79 Å². The van der Waals surface area contributed by atoms with Gasteiger partial charge in [0.1, 0.15) is 5.82 Å². The van der Waals surface area contributed by atoms with E-state index in [9.17, 15) is 9.90 Å². The van der Waals surface area contributed by atoms with Gasteiger partial charge in [-0.2, -0.15) is 0 Å². The summed E-state index contributed by atoms with van der Waals surface area (Å²) in [6, 6.07) is 8.75. The van der Waals surface area contributed by atoms with E-state index in [1.54, 1.807) is 0 Å². The van der Waals surface area contributed by atoms with E-state index in [2.05, 4.69) is 9.97 Å². The lowest BCUT2D eigenvalue weighted by Crippen LogP contribution is -2.09. The summed E-state index contributed by atoms with van der Waals surface area (Å²) in [5.74, 6) is 0.275. The number of hydrogen-bond acceptors (Lipinski definition) is 4. The van der Waals surface area contributed by atoms with Crippen LogP contribution in [0.4, 0.5) is 5.69 Å². The molecule has 4 N–H and O–H groups in total. The number of nitrogens with one attached hydrogen (secondary N) is 1. The zero-order chi connectivity index (χ0) is 13.0. The number of aryl methyl sites for hydroxylation is 2. The highest BCUT2D eigenvalue weighted by atomic mass is 16.3. The van der Waals surface area contributed by atoms with E-state index in [4.69, 9.17) is 5.73 Å². The Kier molecular flexibility index (Phi) is 3.62. The molecule has 0 atom stereocenters. The Labute approximate surface area is 104 Å². The van der Waals surface area contributed by atoms with Gasteiger partial charge >= 0.3 is 0 Å². The highest BCUT2D eigenvalue weighted by Crippen LogP contribution is 2.09. The molecule has 5 nitrogen and oxygen atoms in total. The zero-order valence-corrected chi connectivity index (χ0v) is 9.89. The molecule has 94 valence electrons. The third kappa shape index (κ3) is 3.35. The minimum absolute atomic E-state index is 0.235. The van der Waals surface area contributed by atoms with Crippen molar-refractivity contribution in [1.29, 1.82) is 0 Å². The molecule has 0 radical (unpaired) electrons. The summed E-state index contributed by atoms with van der Waals surface area (Å²) in [5, 5.41) is 9.20. The lowest BCUT2D eigenvalue weighted by Gasteiger charge is -2.02. The summed E-state index contributed by atoms with van der Waals surface area (Å²) in [5.41, 5.74) is 7.21. The summed E-state index contributed by atoms with van der Waals surface area (Å²) < 4.78 is 0. The number of hydrogen-bond donors (Lipinski definition) is 3. The molecule has 0 unspecified atom stereocenters. The van der Waals surface area contributed by atoms with Crippen LogP contribution in [0.2, 0.25) is 0 Å². The summed E-state index contributed by atoms with van der Waals surface area (Å²) in [7, 11) is 0. The largest absolute Gasteiger partial charge is 0.493 e. The molecule has 0 bridgehead atoms. The summed E-state index contributed by atoms with van der Waals surface area (Å²) in [4.78, 5) is 17.6. The maximum atomic E-state index is 11.1. The molecule has 1 aromatic carbocycles. The van der Waals surface area contributed by atoms with Crippen LogP contribution in [-0.2, 0) is 12.8 Å². The zero-order valence-electron chi connectivity index (χ0n) is 9.89. The van der Waals surface area contributed by atoms with Gasteiger partial charge < -0.3 is 15.8 Å². The predicted octanol–water partition coefficient (Wildman–Crippen LogP) is 1.23. The van der Waals surface area contributed by atoms with E-state index in [-0.39, 0.29) is 11.4 Å². The van der Waals surface area contributed by atoms with Gasteiger partial charge in [0.25, 0.3) is 5.56 Å². The number of rotatable bonds is 4. The average Bonchev–Trinajstić information content (AvgIpc) is 2.30. The second kappa shape index (κ2) is 5.35. The van der Waals surface area contributed by atoms with Crippen LogP contribution < -0.4 is 11.3 Å². The molecule has 0 amide bonds. The van der Waals surface area contributed by atoms with Crippen molar-refractivity contribution < 1.29 is 5.11 Å². The lowest BCUT2D eigenvalue weighted by atomic mass is 10.1. The number of nitrogen functional groups attached to an aromatic ring is 1. The smallest absolute Gasteiger partial charge is 0.254 e. The van der Waals surface area contributed by atoms with Crippen molar-refractivity contribution in [3.63, 3.8) is 0 Å². The molecule has 0 spiro atoms. The molecule has 0 aliphatic heterocycles. The molecular weight excluding hydrogens is 230 g/mol. The fourth-order valence-electron chi connectivity index (χ4n) is 1.76. The number of aromatic amines is 1. The molecular formula is C13H15N3O2. The molecule has 18 heavy (non-hydrogen) atoms. The molecule has 2 aromatic rings. The van der Waals surface area contributed by atoms with Gasteiger partial charge in [-0.05, 0) is 30.5 Å². The number of nitrogens with zero attached hydrogens (tertiary/aromatic N) is 1. The number of aromatic nitrogens is 2. The first-order valence-corrected chi connectivity index (χ1v) is 5.77. The molecule has 0 aliphatic rings. The van der Waals surface area contributed by atoms with Gasteiger partial charge in [0.2, 0.25) is 5.88 Å². The van der Waals surface area contributed by atoms with E-state index in [1.807, 2.05) is 24.3 Å². The second-order valence-corrected chi connectivity index (χ2v) is 4.15. The minimum atomic E-state index is -0.329. The van der Waals surface area contributed by atoms with E-state index in [1.165, 1.54) is 5.56 Å². The Morgan fingerprint density at radius 1 is 1.22 bits per heavy atom. The molecule has 1 heterocycles. The number of H-pyrrole nitrogens is 1. The first kappa shape index (κ1) is 12.2. The Morgan fingerprint density at radius 2 is 1.94 bits per heavy atom. The highest BCUT2D eigenvalue weighted by molar-refractivity contribution is 5.39. The van der Waals surface area contributed by atoms with Gasteiger partial charge in [-0.1, -0.05) is 12.1 Å². The van der Waals surface area contributed by atoms with Crippen molar-refractivity contribution in [3.05, 3.63) is 52.1 Å². The van der Waals surface area contributed by atoms with Crippen LogP contribution >= 0.6 is 0 Å². The number of anilines is 1. The van der Waals surface area contributed by atoms with Crippen LogP contribution in [0.15, 0.2) is 35.1 Å². The topological polar surface area (TPSA) is 92.0 Å². The van der Waals surface area contributed by atoms with Crippen molar-refractivity contribution in [2.45, 2.75) is 19.3 Å². The maximum Gasteiger partial charge on any atom is 0.254 e. The molecule has 1 aromatic heterocycles. The summed E-state index contributed by atoms with van der Waals surface area (Å²) >= 11 is 0. The fraction of sp³-hybridized carbons (Fsp3) is 0.231. The predicted molar refractivity (Wildman–Crippen MR) is 69.4 cm³/mol. The quantitative estimate of drug-likeness (QED) is 0.706. The van der Waals surface area contributed by atoms with Crippen LogP contribution in [0.1, 0.15) is 17.8 Å². The molecule has 0 saturated carbocycles. The van der Waals surface area contributed by atoms with Crippen molar-refractivity contribution in [3.8, 4) is 5.88 Å². The second-order valence-electron chi connectivity index (χ2n) is 4.15. The molecule has 5 heteroatoms. The summed E-state index contributed by atoms with van der Waals surface area (Å²) in [6.45, 7) is 0. The standard InChI is InChI=1S/C13H15N3O2/c14-10-6-4-9(5-7-10)2-1-3-11-15-12(17)8-13(18)16-11/h4-8H,1-3,14H2,(H2,15,16,17,18). The Balaban J connectivity index is 1.92. The minimum Gasteiger partial charge on any atom is -0.493 e. The van der Waals surface area contributed by atoms with Crippen LogP contribution in [0.3, 0.4) is 0 Å². The molecule has 0 fully saturated rings. The van der Waals surface area contributed by atoms with Gasteiger partial charge in [0.15, 0.2) is 0 Å². The SMILES string of the molecule is Nc1ccc(CCCc2nc(O)cc(=O)[nH]2)cc1. The van der Waals surface area contributed by atoms with Crippen LogP contribution in [0.25, 0.3) is 0 Å². The van der Waals surface area contributed by atoms with E-state index >= 15 is 0 Å². The van der Waals surface area contributed by atoms with Gasteiger partial charge in [0.05, 0.1) is 6.07 Å². The van der Waals surface area contributed by atoms with Gasteiger partial charge in [0, 0.05) is 12.1 Å². The molecule has 0 aliphatic carbocycles. The lowest BCUT2D eigenvalue weighted by molar-refractivity contribution is 0.447. The number of aromatic hydroxyl groups is 1. The third-order valence-electron chi connectivity index (χ3n) is 2.64. The van der Waals surface area contributed by atoms with E-state index in [0.717, 1.165) is 24.6 Å². The van der Waals surface area contributed by atoms with Crippen molar-refractivity contribution in [1.82, 2.24) is 9.97 Å². The molecule has 2 rings (SSSR count). The van der Waals surface area contributed by atoms with Gasteiger partial charge in [-0.15, -0.1) is 0 Å². The highest BCUT2D eigenvalue weighted by Gasteiger charge is 2.00. The number of nitrogens with two attached hydrogens (primary N) is 1. The van der Waals surface area contributed by atoms with Crippen LogP contribution in [0.5, 0.6) is 5.88 Å². The van der Waals surface area contributed by atoms with Gasteiger partial charge in [-0.25, -0.2) is 4.98 Å². The Bertz CT molecular complexity index is 576. The van der Waals surface area contributed by atoms with Crippen molar-refractivity contribution >= 4 is 5.69 Å². The van der Waals surface area contributed by atoms with Crippen molar-refractivity contribution in [2.75, 3.05) is 5.73 Å².